The van der Waals surface area contributed by atoms with Crippen LogP contribution in [0.5, 0.6) is 0 Å². The van der Waals surface area contributed by atoms with Crippen molar-refractivity contribution in [1.82, 2.24) is 0 Å². The third kappa shape index (κ3) is 4.88. The number of anilines is 1. The van der Waals surface area contributed by atoms with Crippen LogP contribution < -0.4 is 11.1 Å². The molecule has 0 spiro atoms. The average molecular weight is 299 g/mol. The summed E-state index contributed by atoms with van der Waals surface area (Å²) in [7, 11) is 0. The highest BCUT2D eigenvalue weighted by Gasteiger charge is 2.06. The summed E-state index contributed by atoms with van der Waals surface area (Å²) in [5, 5.41) is 2.88. The van der Waals surface area contributed by atoms with Crippen LogP contribution in [0.3, 0.4) is 0 Å². The summed E-state index contributed by atoms with van der Waals surface area (Å²) in [5.74, 6) is 0.437. The number of aryl methyl sites for hydroxylation is 1. The molecule has 1 rings (SSSR count). The molecule has 0 fully saturated rings. The maximum absolute atomic E-state index is 11.7. The number of rotatable bonds is 5. The molecular formula is C13H19BrN2O. The van der Waals surface area contributed by atoms with Crippen LogP contribution in [0.25, 0.3) is 0 Å². The molecule has 3 N–H and O–H groups in total. The van der Waals surface area contributed by atoms with Gasteiger partial charge in [-0.1, -0.05) is 28.9 Å². The van der Waals surface area contributed by atoms with Crippen LogP contribution in [-0.2, 0) is 4.79 Å². The first-order valence-corrected chi connectivity index (χ1v) is 6.58. The maximum atomic E-state index is 11.7. The predicted octanol–water partition coefficient (Wildman–Crippen LogP) is 3.07. The van der Waals surface area contributed by atoms with E-state index in [0.717, 1.165) is 22.1 Å². The van der Waals surface area contributed by atoms with Crippen LogP contribution in [0.15, 0.2) is 22.7 Å². The summed E-state index contributed by atoms with van der Waals surface area (Å²) < 4.78 is 1.01. The Kier molecular flexibility index (Phi) is 5.65. The molecule has 0 aromatic heterocycles. The lowest BCUT2D eigenvalue weighted by atomic mass is 10.1. The zero-order valence-corrected chi connectivity index (χ0v) is 11.9. The number of benzene rings is 1. The van der Waals surface area contributed by atoms with Gasteiger partial charge in [-0.05, 0) is 43.5 Å². The quantitative estimate of drug-likeness (QED) is 0.878. The average Bonchev–Trinajstić information content (AvgIpc) is 2.31. The topological polar surface area (TPSA) is 55.1 Å². The van der Waals surface area contributed by atoms with Crippen molar-refractivity contribution in [2.45, 2.75) is 26.7 Å². The lowest BCUT2D eigenvalue weighted by Crippen LogP contribution is -2.16. The summed E-state index contributed by atoms with van der Waals surface area (Å²) in [4.78, 5) is 11.7. The SMILES string of the molecule is Cc1ccc(NC(=O)CCC(C)CN)cc1Br. The molecule has 1 atom stereocenters. The molecule has 0 saturated carbocycles. The third-order valence-corrected chi connectivity index (χ3v) is 3.58. The first-order chi connectivity index (χ1) is 8.02. The minimum atomic E-state index is 0.0426. The molecule has 94 valence electrons. The monoisotopic (exact) mass is 298 g/mol. The molecule has 0 radical (unpaired) electrons. The molecule has 0 saturated heterocycles. The molecule has 3 nitrogen and oxygen atoms in total. The highest BCUT2D eigenvalue weighted by atomic mass is 79.9. The van der Waals surface area contributed by atoms with Crippen LogP contribution in [0, 0.1) is 12.8 Å². The van der Waals surface area contributed by atoms with Crippen molar-refractivity contribution in [3.8, 4) is 0 Å². The second kappa shape index (κ2) is 6.77. The Bertz CT molecular complexity index is 393. The molecule has 0 heterocycles. The number of nitrogens with two attached hydrogens (primary N) is 1. The Morgan fingerprint density at radius 3 is 2.82 bits per heavy atom. The van der Waals surface area contributed by atoms with Gasteiger partial charge in [0.2, 0.25) is 5.91 Å². The first-order valence-electron chi connectivity index (χ1n) is 5.79. The fourth-order valence-corrected chi connectivity index (χ4v) is 1.77. The van der Waals surface area contributed by atoms with E-state index in [1.807, 2.05) is 25.1 Å². The number of nitrogens with one attached hydrogen (secondary N) is 1. The van der Waals surface area contributed by atoms with Crippen LogP contribution in [-0.4, -0.2) is 12.5 Å². The van der Waals surface area contributed by atoms with Gasteiger partial charge in [-0.25, -0.2) is 0 Å². The summed E-state index contributed by atoms with van der Waals surface area (Å²) in [5.41, 5.74) is 7.49. The highest BCUT2D eigenvalue weighted by molar-refractivity contribution is 9.10. The van der Waals surface area contributed by atoms with Crippen molar-refractivity contribution in [3.05, 3.63) is 28.2 Å². The standard InChI is InChI=1S/C13H19BrN2O/c1-9(8-15)3-6-13(17)16-11-5-4-10(2)12(14)7-11/h4-5,7,9H,3,6,8,15H2,1-2H3,(H,16,17). The zero-order valence-electron chi connectivity index (χ0n) is 10.3. The lowest BCUT2D eigenvalue weighted by Gasteiger charge is -2.09. The minimum Gasteiger partial charge on any atom is -0.330 e. The van der Waals surface area contributed by atoms with E-state index in [2.05, 4.69) is 28.2 Å². The second-order valence-corrected chi connectivity index (χ2v) is 5.25. The molecule has 0 aliphatic heterocycles. The predicted molar refractivity (Wildman–Crippen MR) is 75.0 cm³/mol. The van der Waals surface area contributed by atoms with Gasteiger partial charge in [0, 0.05) is 16.6 Å². The van der Waals surface area contributed by atoms with E-state index in [0.29, 0.717) is 18.9 Å². The zero-order chi connectivity index (χ0) is 12.8. The van der Waals surface area contributed by atoms with Gasteiger partial charge < -0.3 is 11.1 Å². The largest absolute Gasteiger partial charge is 0.330 e. The fraction of sp³-hybridized carbons (Fsp3) is 0.462. The van der Waals surface area contributed by atoms with E-state index < -0.39 is 0 Å². The van der Waals surface area contributed by atoms with E-state index in [4.69, 9.17) is 5.73 Å². The van der Waals surface area contributed by atoms with Gasteiger partial charge in [0.15, 0.2) is 0 Å². The van der Waals surface area contributed by atoms with Crippen LogP contribution in [0.4, 0.5) is 5.69 Å². The number of carbonyl (C=O) groups excluding carboxylic acids is 1. The van der Waals surface area contributed by atoms with Gasteiger partial charge in [-0.2, -0.15) is 0 Å². The van der Waals surface area contributed by atoms with Gasteiger partial charge in [0.1, 0.15) is 0 Å². The summed E-state index contributed by atoms with van der Waals surface area (Å²) in [6, 6.07) is 5.80. The number of hydrogen-bond donors (Lipinski definition) is 2. The Balaban J connectivity index is 2.48. The molecule has 0 aliphatic carbocycles. The molecule has 17 heavy (non-hydrogen) atoms. The highest BCUT2D eigenvalue weighted by Crippen LogP contribution is 2.20. The summed E-state index contributed by atoms with van der Waals surface area (Å²) >= 11 is 3.44. The molecule has 1 amide bonds. The van der Waals surface area contributed by atoms with Crippen molar-refractivity contribution >= 4 is 27.5 Å². The number of halogens is 1. The molecule has 1 aromatic carbocycles. The third-order valence-electron chi connectivity index (χ3n) is 2.72. The number of amides is 1. The van der Waals surface area contributed by atoms with Gasteiger partial charge in [0.05, 0.1) is 0 Å². The van der Waals surface area contributed by atoms with Crippen LogP contribution in [0.2, 0.25) is 0 Å². The van der Waals surface area contributed by atoms with Crippen molar-refractivity contribution in [1.29, 1.82) is 0 Å². The minimum absolute atomic E-state index is 0.0426. The van der Waals surface area contributed by atoms with Gasteiger partial charge in [-0.3, -0.25) is 4.79 Å². The van der Waals surface area contributed by atoms with E-state index in [1.165, 1.54) is 0 Å². The fourth-order valence-electron chi connectivity index (χ4n) is 1.39. The second-order valence-electron chi connectivity index (χ2n) is 4.39. The summed E-state index contributed by atoms with van der Waals surface area (Å²) in [6.45, 7) is 4.69. The lowest BCUT2D eigenvalue weighted by molar-refractivity contribution is -0.116. The van der Waals surface area contributed by atoms with Gasteiger partial charge >= 0.3 is 0 Å². The Morgan fingerprint density at radius 1 is 1.53 bits per heavy atom. The summed E-state index contributed by atoms with van der Waals surface area (Å²) in [6.07, 6.45) is 1.35. The molecular weight excluding hydrogens is 280 g/mol. The van der Waals surface area contributed by atoms with Crippen molar-refractivity contribution < 1.29 is 4.79 Å². The molecule has 1 unspecified atom stereocenters. The Labute approximate surface area is 111 Å². The maximum Gasteiger partial charge on any atom is 0.224 e. The molecule has 4 heteroatoms. The van der Waals surface area contributed by atoms with Crippen molar-refractivity contribution in [2.24, 2.45) is 11.7 Å². The number of hydrogen-bond acceptors (Lipinski definition) is 2. The first kappa shape index (κ1) is 14.2. The Morgan fingerprint density at radius 2 is 2.24 bits per heavy atom. The number of carbonyl (C=O) groups is 1. The Hall–Kier alpha value is -0.870. The normalized spacial score (nSPS) is 12.2. The molecule has 0 aliphatic rings. The smallest absolute Gasteiger partial charge is 0.224 e. The van der Waals surface area contributed by atoms with Crippen LogP contribution >= 0.6 is 15.9 Å². The van der Waals surface area contributed by atoms with Crippen LogP contribution in [0.1, 0.15) is 25.3 Å². The van der Waals surface area contributed by atoms with Crippen molar-refractivity contribution in [3.63, 3.8) is 0 Å². The van der Waals surface area contributed by atoms with Crippen molar-refractivity contribution in [2.75, 3.05) is 11.9 Å². The molecule has 0 bridgehead atoms. The van der Waals surface area contributed by atoms with E-state index in [1.54, 1.807) is 0 Å². The van der Waals surface area contributed by atoms with Gasteiger partial charge in [0.25, 0.3) is 0 Å². The van der Waals surface area contributed by atoms with Gasteiger partial charge in [-0.15, -0.1) is 0 Å². The van der Waals surface area contributed by atoms with E-state index in [-0.39, 0.29) is 5.91 Å². The molecule has 1 aromatic rings. The van der Waals surface area contributed by atoms with E-state index >= 15 is 0 Å². The van der Waals surface area contributed by atoms with E-state index in [9.17, 15) is 4.79 Å².